The molecule has 0 aliphatic carbocycles. The molecular formula is C14H9BF6O2. The molecule has 0 saturated carbocycles. The van der Waals surface area contributed by atoms with Crippen LogP contribution in [-0.4, -0.2) is 21.5 Å². The monoisotopic (exact) mass is 334 g/mol. The van der Waals surface area contributed by atoms with Crippen molar-refractivity contribution in [3.8, 4) is 11.5 Å². The smallest absolute Gasteiger partial charge is 0.204 e. The molecule has 0 aromatic heterocycles. The van der Waals surface area contributed by atoms with Crippen molar-refractivity contribution in [1.29, 1.82) is 0 Å². The van der Waals surface area contributed by atoms with E-state index >= 15 is 0 Å². The van der Waals surface area contributed by atoms with Gasteiger partial charge >= 0.3 is 0 Å². The Morgan fingerprint density at radius 2 is 1.30 bits per heavy atom. The maximum absolute atomic E-state index is 13.9. The second kappa shape index (κ2) is 6.43. The van der Waals surface area contributed by atoms with Crippen molar-refractivity contribution in [2.75, 3.05) is 14.2 Å². The molecule has 0 aliphatic heterocycles. The second-order valence-corrected chi connectivity index (χ2v) is 4.52. The van der Waals surface area contributed by atoms with Gasteiger partial charge in [0.2, 0.25) is 18.9 Å². The minimum Gasteiger partial charge on any atom is -0.494 e. The largest absolute Gasteiger partial charge is 0.494 e. The van der Waals surface area contributed by atoms with Gasteiger partial charge in [0.1, 0.15) is 5.82 Å². The lowest BCUT2D eigenvalue weighted by Gasteiger charge is -2.12. The van der Waals surface area contributed by atoms with Crippen LogP contribution in [0.5, 0.6) is 11.5 Å². The first-order chi connectivity index (χ1) is 10.8. The average Bonchev–Trinajstić information content (AvgIpc) is 2.52. The lowest BCUT2D eigenvalue weighted by Crippen LogP contribution is -2.36. The predicted octanol–water partition coefficient (Wildman–Crippen LogP) is 1.93. The molecule has 122 valence electrons. The molecule has 0 radical (unpaired) electrons. The van der Waals surface area contributed by atoms with Crippen molar-refractivity contribution in [3.05, 3.63) is 47.0 Å². The Balaban J connectivity index is 2.58. The Labute approximate surface area is 127 Å². The first kappa shape index (κ1) is 17.0. The normalized spacial score (nSPS) is 10.6. The molecule has 0 spiro atoms. The molecule has 2 aromatic carbocycles. The van der Waals surface area contributed by atoms with E-state index in [1.165, 1.54) is 0 Å². The van der Waals surface area contributed by atoms with Gasteiger partial charge < -0.3 is 9.47 Å². The zero-order valence-corrected chi connectivity index (χ0v) is 11.9. The lowest BCUT2D eigenvalue weighted by atomic mass is 9.63. The third kappa shape index (κ3) is 2.95. The van der Waals surface area contributed by atoms with Crippen molar-refractivity contribution < 1.29 is 35.8 Å². The van der Waals surface area contributed by atoms with Gasteiger partial charge in [-0.05, 0) is 17.0 Å². The van der Waals surface area contributed by atoms with Crippen molar-refractivity contribution in [3.63, 3.8) is 0 Å². The summed E-state index contributed by atoms with van der Waals surface area (Å²) in [7, 11) is 1.09. The van der Waals surface area contributed by atoms with E-state index in [0.29, 0.717) is 6.07 Å². The minimum atomic E-state index is -1.74. The molecule has 0 unspecified atom stereocenters. The maximum Gasteiger partial charge on any atom is 0.204 e. The van der Waals surface area contributed by atoms with E-state index in [0.717, 1.165) is 20.3 Å². The van der Waals surface area contributed by atoms with Gasteiger partial charge in [-0.2, -0.15) is 8.78 Å². The highest BCUT2D eigenvalue weighted by Gasteiger charge is 2.27. The number of hydrogen-bond donors (Lipinski definition) is 0. The van der Waals surface area contributed by atoms with E-state index in [-0.39, 0.29) is 5.75 Å². The number of ether oxygens (including phenoxy) is 2. The first-order valence-electron chi connectivity index (χ1n) is 6.22. The molecule has 0 fully saturated rings. The van der Waals surface area contributed by atoms with Crippen LogP contribution in [0, 0.1) is 34.9 Å². The third-order valence-corrected chi connectivity index (χ3v) is 3.21. The molecule has 0 atom stereocenters. The van der Waals surface area contributed by atoms with Gasteiger partial charge in [-0.15, -0.1) is 0 Å². The van der Waals surface area contributed by atoms with Crippen LogP contribution in [-0.2, 0) is 0 Å². The summed E-state index contributed by atoms with van der Waals surface area (Å²) in [6.07, 6.45) is 0. The first-order valence-corrected chi connectivity index (χ1v) is 6.22. The van der Waals surface area contributed by atoms with E-state index in [4.69, 9.17) is 0 Å². The second-order valence-electron chi connectivity index (χ2n) is 4.52. The molecule has 0 heterocycles. The molecule has 9 heteroatoms. The van der Waals surface area contributed by atoms with Gasteiger partial charge in [-0.3, -0.25) is 0 Å². The molecule has 2 aromatic rings. The molecule has 0 saturated heterocycles. The number of halogens is 6. The van der Waals surface area contributed by atoms with Gasteiger partial charge in [0.25, 0.3) is 0 Å². The fraction of sp³-hybridized carbons (Fsp3) is 0.143. The third-order valence-electron chi connectivity index (χ3n) is 3.21. The highest BCUT2D eigenvalue weighted by atomic mass is 19.2. The molecule has 0 bridgehead atoms. The summed E-state index contributed by atoms with van der Waals surface area (Å²) in [4.78, 5) is 0. The van der Waals surface area contributed by atoms with E-state index in [2.05, 4.69) is 9.47 Å². The SMILES string of the molecule is COc1cc(Bc2c(F)c(F)c(OC)c(F)c2F)c(F)cc1F. The van der Waals surface area contributed by atoms with Gasteiger partial charge in [0, 0.05) is 6.07 Å². The highest BCUT2D eigenvalue weighted by molar-refractivity contribution is 6.67. The van der Waals surface area contributed by atoms with Gasteiger partial charge in [0.05, 0.1) is 14.2 Å². The summed E-state index contributed by atoms with van der Waals surface area (Å²) < 4.78 is 90.9. The van der Waals surface area contributed by atoms with E-state index in [1.807, 2.05) is 0 Å². The molecule has 2 nitrogen and oxygen atoms in total. The van der Waals surface area contributed by atoms with Crippen LogP contribution in [0.15, 0.2) is 12.1 Å². The number of hydrogen-bond acceptors (Lipinski definition) is 2. The van der Waals surface area contributed by atoms with Gasteiger partial charge in [-0.1, -0.05) is 0 Å². The zero-order chi connectivity index (χ0) is 17.3. The quantitative estimate of drug-likeness (QED) is 0.483. The number of methoxy groups -OCH3 is 2. The molecule has 0 aliphatic rings. The van der Waals surface area contributed by atoms with E-state index in [1.54, 1.807) is 0 Å². The van der Waals surface area contributed by atoms with Gasteiger partial charge in [-0.25, -0.2) is 17.6 Å². The van der Waals surface area contributed by atoms with Crippen molar-refractivity contribution in [2.24, 2.45) is 0 Å². The van der Waals surface area contributed by atoms with Crippen molar-refractivity contribution >= 4 is 18.2 Å². The summed E-state index contributed by atoms with van der Waals surface area (Å²) >= 11 is 0. The molecular weight excluding hydrogens is 325 g/mol. The van der Waals surface area contributed by atoms with Crippen LogP contribution in [0.3, 0.4) is 0 Å². The van der Waals surface area contributed by atoms with Crippen LogP contribution in [0.1, 0.15) is 0 Å². The minimum absolute atomic E-state index is 0.378. The van der Waals surface area contributed by atoms with Crippen molar-refractivity contribution in [1.82, 2.24) is 0 Å². The molecule has 2 rings (SSSR count). The fourth-order valence-corrected chi connectivity index (χ4v) is 2.04. The summed E-state index contributed by atoms with van der Waals surface area (Å²) in [5.41, 5.74) is -1.45. The highest BCUT2D eigenvalue weighted by Crippen LogP contribution is 2.25. The summed E-state index contributed by atoms with van der Waals surface area (Å²) in [5.74, 6) is -10.7. The fourth-order valence-electron chi connectivity index (χ4n) is 2.04. The Morgan fingerprint density at radius 3 is 1.78 bits per heavy atom. The average molecular weight is 334 g/mol. The zero-order valence-electron chi connectivity index (χ0n) is 11.9. The van der Waals surface area contributed by atoms with Crippen molar-refractivity contribution in [2.45, 2.75) is 0 Å². The van der Waals surface area contributed by atoms with Crippen LogP contribution in [0.25, 0.3) is 0 Å². The molecule has 0 N–H and O–H groups in total. The van der Waals surface area contributed by atoms with Crippen LogP contribution in [0.4, 0.5) is 26.3 Å². The Bertz CT molecular complexity index is 737. The molecule has 0 amide bonds. The Hall–Kier alpha value is -2.32. The Morgan fingerprint density at radius 1 is 0.739 bits per heavy atom. The lowest BCUT2D eigenvalue weighted by molar-refractivity contribution is 0.335. The van der Waals surface area contributed by atoms with Gasteiger partial charge in [0.15, 0.2) is 29.0 Å². The summed E-state index contributed by atoms with van der Waals surface area (Å²) in [6.45, 7) is 0. The van der Waals surface area contributed by atoms with Crippen LogP contribution >= 0.6 is 0 Å². The topological polar surface area (TPSA) is 18.5 Å². The summed E-state index contributed by atoms with van der Waals surface area (Å²) in [6, 6.07) is 1.30. The number of rotatable bonds is 4. The maximum atomic E-state index is 13.9. The van der Waals surface area contributed by atoms with E-state index < -0.39 is 58.9 Å². The number of benzene rings is 2. The summed E-state index contributed by atoms with van der Waals surface area (Å²) in [5, 5.41) is 0. The standard InChI is InChI=1S/C14H9BF6O2/c1-22-8-3-5(6(16)4-7(8)17)15-9-10(18)12(20)14(23-2)13(21)11(9)19/h3-4,15H,1-2H3. The molecule has 23 heavy (non-hydrogen) atoms. The van der Waals surface area contributed by atoms with Crippen LogP contribution < -0.4 is 20.4 Å². The van der Waals surface area contributed by atoms with Crippen LogP contribution in [0.2, 0.25) is 0 Å². The Kier molecular flexibility index (Phi) is 4.77. The van der Waals surface area contributed by atoms with E-state index in [9.17, 15) is 26.3 Å². The predicted molar refractivity (Wildman–Crippen MR) is 72.2 cm³/mol.